The molecule has 19 heavy (non-hydrogen) atoms. The van der Waals surface area contributed by atoms with Gasteiger partial charge in [0, 0.05) is 18.3 Å². The highest BCUT2D eigenvalue weighted by atomic mass is 15.2. The predicted molar refractivity (Wildman–Crippen MR) is 82.8 cm³/mol. The minimum atomic E-state index is 0.815. The summed E-state index contributed by atoms with van der Waals surface area (Å²) < 4.78 is 0. The Labute approximate surface area is 118 Å². The molecule has 3 rings (SSSR count). The van der Waals surface area contributed by atoms with Crippen molar-refractivity contribution in [3.05, 3.63) is 29.8 Å². The summed E-state index contributed by atoms with van der Waals surface area (Å²) in [7, 11) is 0. The average molecular weight is 257 g/mol. The van der Waals surface area contributed by atoms with Crippen LogP contribution in [-0.4, -0.2) is 12.6 Å². The van der Waals surface area contributed by atoms with Crippen molar-refractivity contribution in [1.29, 1.82) is 0 Å². The third-order valence-corrected chi connectivity index (χ3v) is 5.07. The zero-order chi connectivity index (χ0) is 13.1. The number of hydrogen-bond acceptors (Lipinski definition) is 1. The summed E-state index contributed by atoms with van der Waals surface area (Å²) in [5.41, 5.74) is 3.12. The number of anilines is 1. The molecule has 2 atom stereocenters. The molecule has 0 spiro atoms. The lowest BCUT2D eigenvalue weighted by Crippen LogP contribution is -2.45. The summed E-state index contributed by atoms with van der Waals surface area (Å²) in [6.45, 7) is 3.62. The van der Waals surface area contributed by atoms with Crippen LogP contribution in [0.25, 0.3) is 0 Å². The maximum Gasteiger partial charge on any atom is 0.0401 e. The van der Waals surface area contributed by atoms with Gasteiger partial charge >= 0.3 is 0 Å². The summed E-state index contributed by atoms with van der Waals surface area (Å²) in [4.78, 5) is 2.76. The third-order valence-electron chi connectivity index (χ3n) is 5.07. The lowest BCUT2D eigenvalue weighted by molar-refractivity contribution is 0.273. The van der Waals surface area contributed by atoms with E-state index in [4.69, 9.17) is 0 Å². The molecule has 1 saturated carbocycles. The molecule has 0 saturated heterocycles. The van der Waals surface area contributed by atoms with Gasteiger partial charge < -0.3 is 4.90 Å². The zero-order valence-electron chi connectivity index (χ0n) is 12.3. The van der Waals surface area contributed by atoms with Crippen LogP contribution in [0.1, 0.15) is 57.4 Å². The minimum Gasteiger partial charge on any atom is -0.368 e. The number of hydrogen-bond donors (Lipinski definition) is 0. The molecule has 2 unspecified atom stereocenters. The lowest BCUT2D eigenvalue weighted by Gasteiger charge is -2.44. The van der Waals surface area contributed by atoms with Crippen LogP contribution >= 0.6 is 0 Å². The highest BCUT2D eigenvalue weighted by molar-refractivity contribution is 5.56. The number of rotatable bonds is 3. The van der Waals surface area contributed by atoms with Gasteiger partial charge in [-0.05, 0) is 49.7 Å². The Balaban J connectivity index is 1.84. The normalized spacial score (nSPS) is 27.1. The molecular weight excluding hydrogens is 230 g/mol. The van der Waals surface area contributed by atoms with E-state index in [-0.39, 0.29) is 0 Å². The van der Waals surface area contributed by atoms with Crippen molar-refractivity contribution in [1.82, 2.24) is 0 Å². The van der Waals surface area contributed by atoms with Gasteiger partial charge in [-0.15, -0.1) is 0 Å². The number of nitrogens with zero attached hydrogens (tertiary/aromatic N) is 1. The molecule has 0 bridgehead atoms. The average Bonchev–Trinajstić information content (AvgIpc) is 2.48. The quantitative estimate of drug-likeness (QED) is 0.752. The summed E-state index contributed by atoms with van der Waals surface area (Å²) >= 11 is 0. The first-order valence-corrected chi connectivity index (χ1v) is 8.24. The topological polar surface area (TPSA) is 3.24 Å². The molecule has 1 aromatic carbocycles. The molecule has 1 fully saturated rings. The van der Waals surface area contributed by atoms with Crippen LogP contribution in [0.4, 0.5) is 5.69 Å². The lowest BCUT2D eigenvalue weighted by atomic mass is 9.80. The van der Waals surface area contributed by atoms with E-state index in [0.717, 1.165) is 12.0 Å². The Morgan fingerprint density at radius 2 is 1.95 bits per heavy atom. The molecular formula is C18H27N. The van der Waals surface area contributed by atoms with E-state index in [1.54, 1.807) is 11.3 Å². The van der Waals surface area contributed by atoms with Gasteiger partial charge in [-0.1, -0.05) is 44.4 Å². The molecule has 0 amide bonds. The fourth-order valence-electron chi connectivity index (χ4n) is 4.21. The van der Waals surface area contributed by atoms with Gasteiger partial charge in [0.2, 0.25) is 0 Å². The van der Waals surface area contributed by atoms with E-state index >= 15 is 0 Å². The van der Waals surface area contributed by atoms with E-state index in [1.165, 1.54) is 57.9 Å². The van der Waals surface area contributed by atoms with Crippen molar-refractivity contribution in [2.45, 2.75) is 64.3 Å². The van der Waals surface area contributed by atoms with E-state index in [0.29, 0.717) is 0 Å². The zero-order valence-corrected chi connectivity index (χ0v) is 12.3. The van der Waals surface area contributed by atoms with E-state index < -0.39 is 0 Å². The van der Waals surface area contributed by atoms with Crippen molar-refractivity contribution in [2.24, 2.45) is 5.92 Å². The van der Waals surface area contributed by atoms with E-state index in [1.807, 2.05) is 0 Å². The van der Waals surface area contributed by atoms with Crippen LogP contribution < -0.4 is 4.90 Å². The monoisotopic (exact) mass is 257 g/mol. The molecule has 1 aliphatic carbocycles. The Kier molecular flexibility index (Phi) is 4.10. The maximum atomic E-state index is 2.76. The van der Waals surface area contributed by atoms with Crippen molar-refractivity contribution < 1.29 is 0 Å². The largest absolute Gasteiger partial charge is 0.368 e. The Morgan fingerprint density at radius 1 is 1.11 bits per heavy atom. The van der Waals surface area contributed by atoms with Crippen molar-refractivity contribution in [3.63, 3.8) is 0 Å². The maximum absolute atomic E-state index is 2.76. The fraction of sp³-hybridized carbons (Fsp3) is 0.667. The van der Waals surface area contributed by atoms with Crippen LogP contribution in [-0.2, 0) is 6.42 Å². The molecule has 2 aliphatic rings. The predicted octanol–water partition coefficient (Wildman–Crippen LogP) is 4.80. The van der Waals surface area contributed by atoms with Gasteiger partial charge in [0.05, 0.1) is 0 Å². The SMILES string of the molecule is CCCC1CCCCC1N1CCCc2ccccc21. The molecule has 1 nitrogen and oxygen atoms in total. The minimum absolute atomic E-state index is 0.815. The molecule has 1 heteroatoms. The molecule has 0 aromatic heterocycles. The van der Waals surface area contributed by atoms with Crippen LogP contribution in [0.5, 0.6) is 0 Å². The second-order valence-electron chi connectivity index (χ2n) is 6.33. The van der Waals surface area contributed by atoms with Gasteiger partial charge in [-0.3, -0.25) is 0 Å². The van der Waals surface area contributed by atoms with Gasteiger partial charge in [-0.2, -0.15) is 0 Å². The molecule has 1 aliphatic heterocycles. The number of fused-ring (bicyclic) bond motifs is 1. The van der Waals surface area contributed by atoms with E-state index in [2.05, 4.69) is 36.1 Å². The third kappa shape index (κ3) is 2.66. The van der Waals surface area contributed by atoms with Crippen molar-refractivity contribution in [3.8, 4) is 0 Å². The van der Waals surface area contributed by atoms with Gasteiger partial charge in [0.25, 0.3) is 0 Å². The van der Waals surface area contributed by atoms with Gasteiger partial charge in [0.1, 0.15) is 0 Å². The van der Waals surface area contributed by atoms with Crippen LogP contribution in [0, 0.1) is 5.92 Å². The van der Waals surface area contributed by atoms with Crippen molar-refractivity contribution in [2.75, 3.05) is 11.4 Å². The van der Waals surface area contributed by atoms with Crippen LogP contribution in [0.2, 0.25) is 0 Å². The second kappa shape index (κ2) is 5.98. The standard InChI is InChI=1S/C18H27N/c1-2-8-15-9-3-5-12-17(15)19-14-7-11-16-10-4-6-13-18(16)19/h4,6,10,13,15,17H,2-3,5,7-9,11-12,14H2,1H3. The van der Waals surface area contributed by atoms with E-state index in [9.17, 15) is 0 Å². The van der Waals surface area contributed by atoms with Crippen LogP contribution in [0.3, 0.4) is 0 Å². The van der Waals surface area contributed by atoms with Crippen LogP contribution in [0.15, 0.2) is 24.3 Å². The number of benzene rings is 1. The number of aryl methyl sites for hydroxylation is 1. The molecule has 0 radical (unpaired) electrons. The molecule has 104 valence electrons. The second-order valence-corrected chi connectivity index (χ2v) is 6.33. The Hall–Kier alpha value is -0.980. The fourth-order valence-corrected chi connectivity index (χ4v) is 4.21. The summed E-state index contributed by atoms with van der Waals surface area (Å²) in [5.74, 6) is 0.935. The summed E-state index contributed by atoms with van der Waals surface area (Å²) in [6, 6.07) is 9.92. The Bertz CT molecular complexity index is 410. The first-order chi connectivity index (χ1) is 9.40. The smallest absolute Gasteiger partial charge is 0.0401 e. The summed E-state index contributed by atoms with van der Waals surface area (Å²) in [5, 5.41) is 0. The highest BCUT2D eigenvalue weighted by Crippen LogP contribution is 2.37. The molecule has 0 N–H and O–H groups in total. The first-order valence-electron chi connectivity index (χ1n) is 8.24. The van der Waals surface area contributed by atoms with Gasteiger partial charge in [-0.25, -0.2) is 0 Å². The first kappa shape index (κ1) is 13.0. The van der Waals surface area contributed by atoms with Gasteiger partial charge in [0.15, 0.2) is 0 Å². The summed E-state index contributed by atoms with van der Waals surface area (Å²) in [6.07, 6.45) is 11.1. The highest BCUT2D eigenvalue weighted by Gasteiger charge is 2.31. The number of para-hydroxylation sites is 1. The molecule has 1 heterocycles. The van der Waals surface area contributed by atoms with Crippen molar-refractivity contribution >= 4 is 5.69 Å². The molecule has 1 aromatic rings. The Morgan fingerprint density at radius 3 is 2.84 bits per heavy atom.